The molecule has 0 atom stereocenters. The van der Waals surface area contributed by atoms with Crippen molar-refractivity contribution in [2.75, 3.05) is 6.26 Å². The summed E-state index contributed by atoms with van der Waals surface area (Å²) in [6.07, 6.45) is 5.06. The van der Waals surface area contributed by atoms with Crippen LogP contribution in [0.4, 0.5) is 8.78 Å². The first kappa shape index (κ1) is 18.1. The Hall–Kier alpha value is -1.69. The highest BCUT2D eigenvalue weighted by Gasteiger charge is 2.23. The molecule has 0 amide bonds. The Balaban J connectivity index is 2.08. The Labute approximate surface area is 154 Å². The molecule has 0 saturated carbocycles. The van der Waals surface area contributed by atoms with Gasteiger partial charge in [0, 0.05) is 6.26 Å². The second-order valence-electron chi connectivity index (χ2n) is 5.64. The van der Waals surface area contributed by atoms with Crippen molar-refractivity contribution < 1.29 is 17.2 Å². The van der Waals surface area contributed by atoms with Gasteiger partial charge in [-0.2, -0.15) is 0 Å². The lowest BCUT2D eigenvalue weighted by Crippen LogP contribution is -2.05. The molecular weight excluding hydrogens is 389 g/mol. The molecule has 0 unspecified atom stereocenters. The molecule has 0 bridgehead atoms. The summed E-state index contributed by atoms with van der Waals surface area (Å²) in [6, 6.07) is 7.14. The molecule has 0 fully saturated rings. The van der Waals surface area contributed by atoms with Gasteiger partial charge in [0.1, 0.15) is 16.5 Å². The van der Waals surface area contributed by atoms with Gasteiger partial charge >= 0.3 is 0 Å². The molecule has 3 rings (SSSR count). The van der Waals surface area contributed by atoms with E-state index in [2.05, 4.69) is 0 Å². The van der Waals surface area contributed by atoms with Crippen LogP contribution in [0.25, 0.3) is 11.1 Å². The molecule has 0 aromatic heterocycles. The Morgan fingerprint density at radius 2 is 1.44 bits per heavy atom. The summed E-state index contributed by atoms with van der Waals surface area (Å²) in [5.41, 5.74) is 2.38. The van der Waals surface area contributed by atoms with Gasteiger partial charge in [-0.3, -0.25) is 0 Å². The molecule has 0 N–H and O–H groups in total. The topological polar surface area (TPSA) is 34.1 Å². The Morgan fingerprint density at radius 3 is 1.96 bits per heavy atom. The minimum atomic E-state index is -4.00. The van der Waals surface area contributed by atoms with E-state index in [0.29, 0.717) is 22.0 Å². The van der Waals surface area contributed by atoms with Crippen molar-refractivity contribution in [3.05, 3.63) is 75.3 Å². The van der Waals surface area contributed by atoms with Crippen molar-refractivity contribution in [3.63, 3.8) is 0 Å². The summed E-state index contributed by atoms with van der Waals surface area (Å²) in [4.78, 5) is -0.921. The second kappa shape index (κ2) is 6.56. The molecule has 2 aromatic rings. The van der Waals surface area contributed by atoms with E-state index in [-0.39, 0.29) is 5.56 Å². The van der Waals surface area contributed by atoms with E-state index in [4.69, 9.17) is 23.2 Å². The van der Waals surface area contributed by atoms with E-state index in [0.717, 1.165) is 29.5 Å². The highest BCUT2D eigenvalue weighted by molar-refractivity contribution is 7.90. The summed E-state index contributed by atoms with van der Waals surface area (Å²) >= 11 is 12.0. The van der Waals surface area contributed by atoms with Gasteiger partial charge in [-0.1, -0.05) is 41.4 Å². The molecular formula is C18H12Cl2F2O2S. The quantitative estimate of drug-likeness (QED) is 0.676. The first-order valence-corrected chi connectivity index (χ1v) is 9.89. The van der Waals surface area contributed by atoms with Crippen molar-refractivity contribution in [2.45, 2.75) is 11.3 Å². The Bertz CT molecular complexity index is 1020. The number of rotatable bonds is 3. The molecule has 0 heterocycles. The molecule has 0 radical (unpaired) electrons. The lowest BCUT2D eigenvalue weighted by atomic mass is 9.95. The lowest BCUT2D eigenvalue weighted by molar-refractivity contribution is 0.521. The fourth-order valence-corrected chi connectivity index (χ4v) is 3.92. The minimum absolute atomic E-state index is 0.261. The maximum Gasteiger partial charge on any atom is 0.181 e. The summed E-state index contributed by atoms with van der Waals surface area (Å²) in [5, 5.41) is 0.778. The van der Waals surface area contributed by atoms with Crippen molar-refractivity contribution in [1.29, 1.82) is 0 Å². The molecule has 130 valence electrons. The molecule has 0 saturated heterocycles. The zero-order valence-corrected chi connectivity index (χ0v) is 15.3. The summed E-state index contributed by atoms with van der Waals surface area (Å²) < 4.78 is 51.5. The van der Waals surface area contributed by atoms with E-state index in [1.54, 1.807) is 18.2 Å². The lowest BCUT2D eigenvalue weighted by Gasteiger charge is -2.12. The van der Waals surface area contributed by atoms with E-state index in [1.807, 2.05) is 12.2 Å². The molecule has 7 heteroatoms. The van der Waals surface area contributed by atoms with Gasteiger partial charge in [0.2, 0.25) is 0 Å². The average molecular weight is 401 g/mol. The van der Waals surface area contributed by atoms with Gasteiger partial charge in [-0.25, -0.2) is 17.2 Å². The third-order valence-corrected chi connectivity index (χ3v) is 5.72. The van der Waals surface area contributed by atoms with Gasteiger partial charge in [0.25, 0.3) is 0 Å². The normalized spacial score (nSPS) is 14.4. The molecule has 2 nitrogen and oxygen atoms in total. The van der Waals surface area contributed by atoms with Crippen LogP contribution in [-0.4, -0.2) is 14.7 Å². The van der Waals surface area contributed by atoms with Crippen LogP contribution in [0.2, 0.25) is 10.0 Å². The number of hydrogen-bond donors (Lipinski definition) is 0. The second-order valence-corrected chi connectivity index (χ2v) is 8.41. The Kier molecular flexibility index (Phi) is 4.75. The molecule has 0 aliphatic heterocycles. The molecule has 2 aromatic carbocycles. The summed E-state index contributed by atoms with van der Waals surface area (Å²) in [7, 11) is -4.00. The molecule has 25 heavy (non-hydrogen) atoms. The highest BCUT2D eigenvalue weighted by Crippen LogP contribution is 2.39. The number of sulfone groups is 1. The Morgan fingerprint density at radius 1 is 0.880 bits per heavy atom. The summed E-state index contributed by atoms with van der Waals surface area (Å²) in [5.74, 6) is -2.22. The van der Waals surface area contributed by atoms with Crippen LogP contribution in [-0.2, 0) is 9.84 Å². The van der Waals surface area contributed by atoms with Gasteiger partial charge in [0.05, 0.1) is 10.0 Å². The molecule has 1 aliphatic carbocycles. The number of benzene rings is 2. The van der Waals surface area contributed by atoms with Crippen molar-refractivity contribution >= 4 is 44.2 Å². The fraction of sp³-hybridized carbons (Fsp3) is 0.111. The van der Waals surface area contributed by atoms with Crippen molar-refractivity contribution in [3.8, 4) is 0 Å². The highest BCUT2D eigenvalue weighted by atomic mass is 35.5. The minimum Gasteiger partial charge on any atom is -0.224 e. The van der Waals surface area contributed by atoms with Crippen LogP contribution in [0, 0.1) is 11.6 Å². The zero-order valence-electron chi connectivity index (χ0n) is 13.0. The molecule has 0 spiro atoms. The van der Waals surface area contributed by atoms with Crippen LogP contribution in [0.1, 0.15) is 17.5 Å². The predicted octanol–water partition coefficient (Wildman–Crippen LogP) is 5.55. The van der Waals surface area contributed by atoms with Crippen molar-refractivity contribution in [2.24, 2.45) is 0 Å². The first-order chi connectivity index (χ1) is 11.7. The van der Waals surface area contributed by atoms with Crippen LogP contribution in [0.5, 0.6) is 0 Å². The van der Waals surface area contributed by atoms with E-state index in [1.165, 1.54) is 0 Å². The fourth-order valence-electron chi connectivity index (χ4n) is 2.79. The average Bonchev–Trinajstić information content (AvgIpc) is 2.97. The zero-order chi connectivity index (χ0) is 18.4. The number of halogens is 4. The smallest absolute Gasteiger partial charge is 0.181 e. The summed E-state index contributed by atoms with van der Waals surface area (Å²) in [6.45, 7) is 0. The van der Waals surface area contributed by atoms with E-state index < -0.39 is 26.4 Å². The maximum atomic E-state index is 14.2. The van der Waals surface area contributed by atoms with Gasteiger partial charge in [0.15, 0.2) is 9.84 Å². The first-order valence-electron chi connectivity index (χ1n) is 7.24. The monoisotopic (exact) mass is 400 g/mol. The van der Waals surface area contributed by atoms with Crippen LogP contribution in [0.15, 0.2) is 47.4 Å². The van der Waals surface area contributed by atoms with E-state index >= 15 is 0 Å². The van der Waals surface area contributed by atoms with Crippen molar-refractivity contribution in [1.82, 2.24) is 0 Å². The third-order valence-electron chi connectivity index (χ3n) is 3.84. The number of allylic oxidation sites excluding steroid dienone is 4. The van der Waals surface area contributed by atoms with Crippen LogP contribution >= 0.6 is 23.2 Å². The van der Waals surface area contributed by atoms with Gasteiger partial charge in [-0.15, -0.1) is 0 Å². The standard InChI is InChI=1S/C18H12Cl2F2O2S/c1-25(23,24)18-16(21)8-11(9-17(18)22)13-4-2-3-12(13)10-5-6-14(19)15(20)7-10/h3-9H,2H2,1H3. The van der Waals surface area contributed by atoms with Crippen LogP contribution in [0.3, 0.4) is 0 Å². The van der Waals surface area contributed by atoms with Gasteiger partial charge < -0.3 is 0 Å². The number of hydrogen-bond acceptors (Lipinski definition) is 2. The predicted molar refractivity (Wildman–Crippen MR) is 96.5 cm³/mol. The SMILES string of the molecule is CS(=O)(=O)c1c(F)cc(C2=CCC=C2c2ccc(Cl)c(Cl)c2)cc1F. The molecule has 1 aliphatic rings. The van der Waals surface area contributed by atoms with Crippen LogP contribution < -0.4 is 0 Å². The maximum absolute atomic E-state index is 14.2. The van der Waals surface area contributed by atoms with E-state index in [9.17, 15) is 17.2 Å². The largest absolute Gasteiger partial charge is 0.224 e. The third kappa shape index (κ3) is 3.50. The van der Waals surface area contributed by atoms with Gasteiger partial charge in [-0.05, 0) is 53.0 Å².